The van der Waals surface area contributed by atoms with E-state index in [1.807, 2.05) is 45.3 Å². The fourth-order valence-corrected chi connectivity index (χ4v) is 3.32. The first-order valence-electron chi connectivity index (χ1n) is 9.83. The molecule has 0 unspecified atom stereocenters. The van der Waals surface area contributed by atoms with Crippen LogP contribution in [0.5, 0.6) is 5.75 Å². The van der Waals surface area contributed by atoms with Crippen LogP contribution >= 0.6 is 0 Å². The highest BCUT2D eigenvalue weighted by atomic mass is 16.5. The molecule has 152 valence electrons. The van der Waals surface area contributed by atoms with Gasteiger partial charge in [-0.25, -0.2) is 4.79 Å². The van der Waals surface area contributed by atoms with Gasteiger partial charge in [-0.05, 0) is 57.8 Å². The Kier molecular flexibility index (Phi) is 7.92. The number of benzene rings is 1. The number of hydrogen-bond acceptors (Lipinski definition) is 4. The van der Waals surface area contributed by atoms with E-state index in [4.69, 9.17) is 9.47 Å². The lowest BCUT2D eigenvalue weighted by atomic mass is 9.85. The molecule has 6 nitrogen and oxygen atoms in total. The van der Waals surface area contributed by atoms with Crippen LogP contribution in [0.25, 0.3) is 0 Å². The maximum absolute atomic E-state index is 12.5. The van der Waals surface area contributed by atoms with E-state index < -0.39 is 0 Å². The number of nitrogens with one attached hydrogen (secondary N) is 2. The molecule has 2 amide bonds. The summed E-state index contributed by atoms with van der Waals surface area (Å²) in [6, 6.07) is 7.31. The smallest absolute Gasteiger partial charge is 0.319 e. The maximum Gasteiger partial charge on any atom is 0.319 e. The third-order valence-corrected chi connectivity index (χ3v) is 5.08. The Bertz CT molecular complexity index is 598. The molecule has 0 aliphatic carbocycles. The molecular weight excluding hydrogens is 342 g/mol. The number of para-hydroxylation sites is 2. The topological polar surface area (TPSA) is 62.8 Å². The molecule has 1 aliphatic rings. The molecule has 2 rings (SSSR count). The third-order valence-electron chi connectivity index (χ3n) is 5.08. The monoisotopic (exact) mass is 377 g/mol. The van der Waals surface area contributed by atoms with Crippen LogP contribution in [0.3, 0.4) is 0 Å². The lowest BCUT2D eigenvalue weighted by molar-refractivity contribution is -0.0109. The lowest BCUT2D eigenvalue weighted by Gasteiger charge is -2.34. The molecule has 1 saturated heterocycles. The zero-order valence-electron chi connectivity index (χ0n) is 17.4. The first kappa shape index (κ1) is 21.5. The van der Waals surface area contributed by atoms with Crippen LogP contribution in [0.2, 0.25) is 0 Å². The second-order valence-corrected chi connectivity index (χ2v) is 8.34. The predicted molar refractivity (Wildman–Crippen MR) is 109 cm³/mol. The van der Waals surface area contributed by atoms with Gasteiger partial charge in [0.1, 0.15) is 12.4 Å². The standard InChI is InChI=1S/C21H35N3O3/c1-16(21(2,3)15-24(4)5)22-20(25)23-18-11-6-7-12-19(18)27-14-17-10-8-9-13-26-17/h6-7,11-12,16-17H,8-10,13-15H2,1-5H3,(H2,22,23,25)/t16-,17-/m0/s1. The number of hydrogen-bond donors (Lipinski definition) is 2. The Labute approximate surface area is 163 Å². The summed E-state index contributed by atoms with van der Waals surface area (Å²) in [6.07, 6.45) is 3.45. The zero-order chi connectivity index (χ0) is 19.9. The Morgan fingerprint density at radius 3 is 2.74 bits per heavy atom. The van der Waals surface area contributed by atoms with Crippen molar-refractivity contribution in [3.05, 3.63) is 24.3 Å². The summed E-state index contributed by atoms with van der Waals surface area (Å²) in [5.41, 5.74) is 0.623. The Hall–Kier alpha value is -1.79. The van der Waals surface area contributed by atoms with E-state index in [0.29, 0.717) is 18.0 Å². The minimum atomic E-state index is -0.223. The molecule has 0 spiro atoms. The highest BCUT2D eigenvalue weighted by molar-refractivity contribution is 5.91. The number of carbonyl (C=O) groups excluding carboxylic acids is 1. The molecule has 2 N–H and O–H groups in total. The number of rotatable bonds is 8. The lowest BCUT2D eigenvalue weighted by Crippen LogP contribution is -2.48. The van der Waals surface area contributed by atoms with Crippen molar-refractivity contribution in [3.63, 3.8) is 0 Å². The molecule has 1 heterocycles. The van der Waals surface area contributed by atoms with E-state index in [2.05, 4.69) is 29.4 Å². The molecule has 1 aromatic carbocycles. The quantitative estimate of drug-likeness (QED) is 0.725. The van der Waals surface area contributed by atoms with Gasteiger partial charge in [0.2, 0.25) is 0 Å². The molecule has 1 aromatic rings. The van der Waals surface area contributed by atoms with Crippen LogP contribution < -0.4 is 15.4 Å². The van der Waals surface area contributed by atoms with Crippen LogP contribution in [0.4, 0.5) is 10.5 Å². The SMILES string of the molecule is C[C@H](NC(=O)Nc1ccccc1OC[C@@H]1CCCCO1)C(C)(C)CN(C)C. The van der Waals surface area contributed by atoms with Gasteiger partial charge in [0.05, 0.1) is 11.8 Å². The van der Waals surface area contributed by atoms with Crippen molar-refractivity contribution in [1.82, 2.24) is 10.2 Å². The summed E-state index contributed by atoms with van der Waals surface area (Å²) in [5.74, 6) is 0.669. The van der Waals surface area contributed by atoms with Crippen LogP contribution in [0, 0.1) is 5.41 Å². The Morgan fingerprint density at radius 1 is 1.33 bits per heavy atom. The van der Waals surface area contributed by atoms with Crippen LogP contribution in [0.1, 0.15) is 40.0 Å². The summed E-state index contributed by atoms with van der Waals surface area (Å²) in [4.78, 5) is 14.6. The molecule has 0 radical (unpaired) electrons. The highest BCUT2D eigenvalue weighted by Gasteiger charge is 2.28. The molecule has 6 heteroatoms. The van der Waals surface area contributed by atoms with Crippen molar-refractivity contribution in [2.45, 2.75) is 52.2 Å². The second-order valence-electron chi connectivity index (χ2n) is 8.34. The van der Waals surface area contributed by atoms with Gasteiger partial charge in [-0.1, -0.05) is 26.0 Å². The van der Waals surface area contributed by atoms with Gasteiger partial charge in [0, 0.05) is 19.2 Å². The van der Waals surface area contributed by atoms with Gasteiger partial charge in [-0.15, -0.1) is 0 Å². The second kappa shape index (κ2) is 9.95. The molecule has 0 aromatic heterocycles. The van der Waals surface area contributed by atoms with Crippen molar-refractivity contribution < 1.29 is 14.3 Å². The number of amides is 2. The number of carbonyl (C=O) groups is 1. The van der Waals surface area contributed by atoms with Crippen molar-refractivity contribution in [2.24, 2.45) is 5.41 Å². The summed E-state index contributed by atoms with van der Waals surface area (Å²) in [7, 11) is 4.08. The van der Waals surface area contributed by atoms with E-state index in [9.17, 15) is 4.79 Å². The van der Waals surface area contributed by atoms with Crippen molar-refractivity contribution >= 4 is 11.7 Å². The molecule has 0 bridgehead atoms. The highest BCUT2D eigenvalue weighted by Crippen LogP contribution is 2.26. The summed E-state index contributed by atoms with van der Waals surface area (Å²) in [5, 5.41) is 5.97. The minimum Gasteiger partial charge on any atom is -0.489 e. The Balaban J connectivity index is 1.91. The van der Waals surface area contributed by atoms with Gasteiger partial charge in [0.25, 0.3) is 0 Å². The van der Waals surface area contributed by atoms with Crippen molar-refractivity contribution in [2.75, 3.05) is 39.2 Å². The first-order chi connectivity index (χ1) is 12.8. The molecule has 1 aliphatic heterocycles. The number of ether oxygens (including phenoxy) is 2. The number of urea groups is 1. The normalized spacial score (nSPS) is 18.8. The largest absolute Gasteiger partial charge is 0.489 e. The van der Waals surface area contributed by atoms with E-state index in [0.717, 1.165) is 26.0 Å². The van der Waals surface area contributed by atoms with Crippen molar-refractivity contribution in [1.29, 1.82) is 0 Å². The Morgan fingerprint density at radius 2 is 2.07 bits per heavy atom. The maximum atomic E-state index is 12.5. The van der Waals surface area contributed by atoms with Gasteiger partial charge in [-0.3, -0.25) is 0 Å². The van der Waals surface area contributed by atoms with Gasteiger partial charge in [0.15, 0.2) is 0 Å². The van der Waals surface area contributed by atoms with E-state index in [1.165, 1.54) is 6.42 Å². The average molecular weight is 378 g/mol. The van der Waals surface area contributed by atoms with Crippen LogP contribution in [0.15, 0.2) is 24.3 Å². The molecule has 2 atom stereocenters. The van der Waals surface area contributed by atoms with E-state index in [-0.39, 0.29) is 23.6 Å². The van der Waals surface area contributed by atoms with Gasteiger partial charge >= 0.3 is 6.03 Å². The fraction of sp³-hybridized carbons (Fsp3) is 0.667. The van der Waals surface area contributed by atoms with Crippen LogP contribution in [-0.2, 0) is 4.74 Å². The molecule has 27 heavy (non-hydrogen) atoms. The zero-order valence-corrected chi connectivity index (χ0v) is 17.4. The molecular formula is C21H35N3O3. The van der Waals surface area contributed by atoms with Gasteiger partial charge < -0.3 is 25.0 Å². The van der Waals surface area contributed by atoms with E-state index >= 15 is 0 Å². The third kappa shape index (κ3) is 7.03. The van der Waals surface area contributed by atoms with Gasteiger partial charge in [-0.2, -0.15) is 0 Å². The number of anilines is 1. The fourth-order valence-electron chi connectivity index (χ4n) is 3.32. The summed E-state index contributed by atoms with van der Waals surface area (Å²) >= 11 is 0. The molecule has 0 saturated carbocycles. The summed E-state index contributed by atoms with van der Waals surface area (Å²) < 4.78 is 11.6. The minimum absolute atomic E-state index is 0.0172. The van der Waals surface area contributed by atoms with Crippen molar-refractivity contribution in [3.8, 4) is 5.75 Å². The number of nitrogens with zero attached hydrogens (tertiary/aromatic N) is 1. The van der Waals surface area contributed by atoms with E-state index in [1.54, 1.807) is 0 Å². The van der Waals surface area contributed by atoms with Crippen LogP contribution in [-0.4, -0.2) is 56.9 Å². The predicted octanol–water partition coefficient (Wildman–Crippen LogP) is 3.73. The molecule has 1 fully saturated rings. The average Bonchev–Trinajstić information content (AvgIpc) is 2.60. The summed E-state index contributed by atoms with van der Waals surface area (Å²) in [6.45, 7) is 8.53. The first-order valence-corrected chi connectivity index (χ1v) is 9.83.